The van der Waals surface area contributed by atoms with Gasteiger partial charge in [-0.3, -0.25) is 4.89 Å². The summed E-state index contributed by atoms with van der Waals surface area (Å²) >= 11 is 0. The average Bonchev–Trinajstić information content (AvgIpc) is 2.92. The summed E-state index contributed by atoms with van der Waals surface area (Å²) in [5.74, 6) is 1.00. The predicted octanol–water partition coefficient (Wildman–Crippen LogP) is 1.95. The first-order valence-corrected chi connectivity index (χ1v) is 7.14. The van der Waals surface area contributed by atoms with Gasteiger partial charge in [0.15, 0.2) is 5.82 Å². The van der Waals surface area contributed by atoms with Gasteiger partial charge < -0.3 is 5.32 Å². The number of rotatable bonds is 7. The van der Waals surface area contributed by atoms with Crippen LogP contribution in [-0.4, -0.2) is 34.4 Å². The van der Waals surface area contributed by atoms with Crippen LogP contribution in [-0.2, 0) is 28.0 Å². The third-order valence-corrected chi connectivity index (χ3v) is 3.09. The van der Waals surface area contributed by atoms with Gasteiger partial charge >= 0.3 is 5.97 Å². The average molecular weight is 304 g/mol. The highest BCUT2D eigenvalue weighted by molar-refractivity contribution is 5.69. The number of benzene rings is 1. The number of anilines is 1. The van der Waals surface area contributed by atoms with Crippen molar-refractivity contribution < 1.29 is 14.6 Å². The van der Waals surface area contributed by atoms with Crippen molar-refractivity contribution in [1.29, 1.82) is 0 Å². The molecule has 1 heterocycles. The van der Waals surface area contributed by atoms with Crippen molar-refractivity contribution in [1.82, 2.24) is 14.8 Å². The normalized spacial score (nSPS) is 10.5. The predicted molar refractivity (Wildman–Crippen MR) is 82.0 cm³/mol. The first-order valence-electron chi connectivity index (χ1n) is 7.14. The highest BCUT2D eigenvalue weighted by atomic mass is 17.2. The number of aromatic nitrogens is 3. The fraction of sp³-hybridized carbons (Fsp3) is 0.400. The van der Waals surface area contributed by atoms with Crippen molar-refractivity contribution in [2.75, 3.05) is 19.0 Å². The molecule has 7 heteroatoms. The van der Waals surface area contributed by atoms with E-state index in [2.05, 4.69) is 25.2 Å². The molecule has 7 nitrogen and oxygen atoms in total. The van der Waals surface area contributed by atoms with Crippen molar-refractivity contribution in [2.45, 2.75) is 19.8 Å². The Hall–Kier alpha value is -2.41. The molecule has 0 unspecified atom stereocenters. The van der Waals surface area contributed by atoms with Gasteiger partial charge in [0.2, 0.25) is 5.95 Å². The highest BCUT2D eigenvalue weighted by Crippen LogP contribution is 2.19. The van der Waals surface area contributed by atoms with Crippen LogP contribution in [0.4, 0.5) is 5.95 Å². The van der Waals surface area contributed by atoms with Gasteiger partial charge in [-0.1, -0.05) is 24.3 Å². The number of nitrogens with zero attached hydrogens (tertiary/aromatic N) is 3. The molecule has 0 spiro atoms. The molecule has 0 aliphatic rings. The highest BCUT2D eigenvalue weighted by Gasteiger charge is 2.09. The number of aryl methyl sites for hydroxylation is 2. The Bertz CT molecular complexity index is 622. The monoisotopic (exact) mass is 304 g/mol. The maximum absolute atomic E-state index is 11.4. The Labute approximate surface area is 129 Å². The molecule has 2 rings (SSSR count). The molecule has 0 atom stereocenters. The number of hydrogen-bond acceptors (Lipinski definition) is 6. The third kappa shape index (κ3) is 4.05. The molecule has 118 valence electrons. The van der Waals surface area contributed by atoms with Crippen LogP contribution in [0.2, 0.25) is 0 Å². The molecule has 1 aromatic carbocycles. The van der Waals surface area contributed by atoms with Gasteiger partial charge in [0.25, 0.3) is 0 Å². The molecular weight excluding hydrogens is 284 g/mol. The van der Waals surface area contributed by atoms with E-state index in [0.29, 0.717) is 19.0 Å². The molecule has 0 saturated heterocycles. The van der Waals surface area contributed by atoms with Gasteiger partial charge in [0, 0.05) is 19.7 Å². The van der Waals surface area contributed by atoms with E-state index in [1.54, 1.807) is 18.7 Å². The van der Waals surface area contributed by atoms with Crippen LogP contribution in [0, 0.1) is 0 Å². The first-order chi connectivity index (χ1) is 10.6. The molecular formula is C15H20N4O3. The maximum atomic E-state index is 11.4. The van der Waals surface area contributed by atoms with Gasteiger partial charge in [-0.15, -0.1) is 5.10 Å². The summed E-state index contributed by atoms with van der Waals surface area (Å²) in [7, 11) is 3.63. The topological polar surface area (TPSA) is 78.3 Å². The molecule has 1 aromatic heterocycles. The molecule has 0 amide bonds. The Morgan fingerprint density at radius 2 is 2.05 bits per heavy atom. The summed E-state index contributed by atoms with van der Waals surface area (Å²) in [5, 5.41) is 7.15. The summed E-state index contributed by atoms with van der Waals surface area (Å²) in [6.07, 6.45) is 0.889. The Kier molecular flexibility index (Phi) is 5.48. The second-order valence-corrected chi connectivity index (χ2v) is 4.69. The van der Waals surface area contributed by atoms with Gasteiger partial charge in [0.05, 0.1) is 13.0 Å². The molecule has 22 heavy (non-hydrogen) atoms. The van der Waals surface area contributed by atoms with Gasteiger partial charge in [-0.25, -0.2) is 9.48 Å². The van der Waals surface area contributed by atoms with Crippen molar-refractivity contribution in [3.05, 3.63) is 29.8 Å². The van der Waals surface area contributed by atoms with E-state index in [4.69, 9.17) is 0 Å². The van der Waals surface area contributed by atoms with Crippen LogP contribution < -0.4 is 5.32 Å². The summed E-state index contributed by atoms with van der Waals surface area (Å²) in [5.41, 5.74) is 2.02. The summed E-state index contributed by atoms with van der Waals surface area (Å²) < 4.78 is 1.72. The molecule has 0 aliphatic carbocycles. The SMILES string of the molecule is CCOOC(=O)CCc1ccc(-c2nc(NC)nn2C)cc1. The lowest BCUT2D eigenvalue weighted by atomic mass is 10.1. The lowest BCUT2D eigenvalue weighted by molar-refractivity contribution is -0.269. The number of carbonyl (C=O) groups excluding carboxylic acids is 1. The summed E-state index contributed by atoms with van der Waals surface area (Å²) in [6, 6.07) is 7.87. The van der Waals surface area contributed by atoms with E-state index in [0.717, 1.165) is 17.0 Å². The summed E-state index contributed by atoms with van der Waals surface area (Å²) in [4.78, 5) is 24.9. The van der Waals surface area contributed by atoms with Crippen molar-refractivity contribution in [3.63, 3.8) is 0 Å². The molecule has 0 aliphatic heterocycles. The third-order valence-electron chi connectivity index (χ3n) is 3.09. The zero-order valence-electron chi connectivity index (χ0n) is 13.0. The number of hydrogen-bond donors (Lipinski definition) is 1. The molecule has 0 fully saturated rings. The minimum absolute atomic E-state index is 0.285. The first kappa shape index (κ1) is 16.0. The fourth-order valence-electron chi connectivity index (χ4n) is 1.97. The molecule has 0 saturated carbocycles. The van der Waals surface area contributed by atoms with Crippen LogP contribution in [0.25, 0.3) is 11.4 Å². The van der Waals surface area contributed by atoms with Crippen LogP contribution in [0.1, 0.15) is 18.9 Å². The number of carbonyl (C=O) groups is 1. The Balaban J connectivity index is 1.98. The van der Waals surface area contributed by atoms with Crippen LogP contribution >= 0.6 is 0 Å². The van der Waals surface area contributed by atoms with E-state index in [1.807, 2.05) is 31.3 Å². The van der Waals surface area contributed by atoms with Crippen molar-refractivity contribution in [2.24, 2.45) is 7.05 Å². The van der Waals surface area contributed by atoms with Gasteiger partial charge in [-0.05, 0) is 18.9 Å². The van der Waals surface area contributed by atoms with Crippen LogP contribution in [0.15, 0.2) is 24.3 Å². The minimum Gasteiger partial charge on any atom is -0.356 e. The lowest BCUT2D eigenvalue weighted by Crippen LogP contribution is -2.06. The second kappa shape index (κ2) is 7.56. The van der Waals surface area contributed by atoms with E-state index >= 15 is 0 Å². The van der Waals surface area contributed by atoms with Crippen LogP contribution in [0.5, 0.6) is 0 Å². The number of nitrogens with one attached hydrogen (secondary N) is 1. The zero-order chi connectivity index (χ0) is 15.9. The van der Waals surface area contributed by atoms with Gasteiger partial charge in [0.1, 0.15) is 0 Å². The Morgan fingerprint density at radius 1 is 1.32 bits per heavy atom. The minimum atomic E-state index is -0.363. The fourth-order valence-corrected chi connectivity index (χ4v) is 1.97. The molecule has 2 aromatic rings. The van der Waals surface area contributed by atoms with Crippen molar-refractivity contribution in [3.8, 4) is 11.4 Å². The van der Waals surface area contributed by atoms with Crippen molar-refractivity contribution >= 4 is 11.9 Å². The van der Waals surface area contributed by atoms with Gasteiger partial charge in [-0.2, -0.15) is 9.87 Å². The maximum Gasteiger partial charge on any atom is 0.342 e. The quantitative estimate of drug-likeness (QED) is 0.622. The smallest absolute Gasteiger partial charge is 0.342 e. The summed E-state index contributed by atoms with van der Waals surface area (Å²) in [6.45, 7) is 2.12. The van der Waals surface area contributed by atoms with E-state index in [9.17, 15) is 4.79 Å². The molecule has 1 N–H and O–H groups in total. The van der Waals surface area contributed by atoms with E-state index < -0.39 is 0 Å². The lowest BCUT2D eigenvalue weighted by Gasteiger charge is -2.04. The second-order valence-electron chi connectivity index (χ2n) is 4.69. The Morgan fingerprint density at radius 3 is 2.64 bits per heavy atom. The molecule has 0 bridgehead atoms. The molecule has 0 radical (unpaired) electrons. The van der Waals surface area contributed by atoms with E-state index in [-0.39, 0.29) is 12.4 Å². The zero-order valence-corrected chi connectivity index (χ0v) is 13.0. The largest absolute Gasteiger partial charge is 0.356 e. The van der Waals surface area contributed by atoms with E-state index in [1.165, 1.54) is 0 Å². The van der Waals surface area contributed by atoms with Crippen LogP contribution in [0.3, 0.4) is 0 Å². The standard InChI is InChI=1S/C15H20N4O3/c1-4-21-22-13(20)10-7-11-5-8-12(9-6-11)14-17-15(16-2)18-19(14)3/h5-6,8-9H,4,7,10H2,1-3H3,(H,16,18).